The van der Waals surface area contributed by atoms with Gasteiger partial charge in [-0.15, -0.1) is 0 Å². The zero-order valence-corrected chi connectivity index (χ0v) is 15.3. The highest BCUT2D eigenvalue weighted by Gasteiger charge is 2.42. The molecular weight excluding hydrogens is 322 g/mol. The van der Waals surface area contributed by atoms with Crippen LogP contribution in [0.15, 0.2) is 12.1 Å². The van der Waals surface area contributed by atoms with Gasteiger partial charge in [-0.25, -0.2) is 4.79 Å². The molecule has 1 fully saturated rings. The molecule has 0 atom stereocenters. The molecule has 0 bridgehead atoms. The Balaban J connectivity index is 2.01. The van der Waals surface area contributed by atoms with Crippen LogP contribution in [0, 0.1) is 12.8 Å². The number of hydrogen-bond acceptors (Lipinski definition) is 5. The minimum absolute atomic E-state index is 0.0915. The molecule has 25 heavy (non-hydrogen) atoms. The van der Waals surface area contributed by atoms with Gasteiger partial charge in [-0.05, 0) is 57.2 Å². The first-order chi connectivity index (χ1) is 11.8. The van der Waals surface area contributed by atoms with E-state index in [1.54, 1.807) is 24.8 Å². The van der Waals surface area contributed by atoms with Gasteiger partial charge in [0.2, 0.25) is 0 Å². The zero-order valence-electron chi connectivity index (χ0n) is 15.3. The minimum Gasteiger partial charge on any atom is -0.476 e. The number of fused-ring (bicyclic) bond motifs is 1. The summed E-state index contributed by atoms with van der Waals surface area (Å²) in [6, 6.07) is 3.52. The maximum atomic E-state index is 13.0. The highest BCUT2D eigenvalue weighted by atomic mass is 16.5. The molecule has 0 aliphatic carbocycles. The summed E-state index contributed by atoms with van der Waals surface area (Å²) in [6.45, 7) is 7.44. The van der Waals surface area contributed by atoms with E-state index in [-0.39, 0.29) is 5.91 Å². The van der Waals surface area contributed by atoms with Gasteiger partial charge in [0.25, 0.3) is 5.91 Å². The Kier molecular flexibility index (Phi) is 4.73. The molecule has 1 saturated heterocycles. The molecule has 1 aromatic rings. The number of benzene rings is 1. The van der Waals surface area contributed by atoms with E-state index in [1.807, 2.05) is 13.0 Å². The maximum Gasteiger partial charge on any atom is 0.338 e. The molecule has 6 nitrogen and oxygen atoms in total. The molecule has 0 spiro atoms. The Bertz CT molecular complexity index is 691. The van der Waals surface area contributed by atoms with E-state index >= 15 is 0 Å². The van der Waals surface area contributed by atoms with Crippen LogP contribution in [0.3, 0.4) is 0 Å². The summed E-state index contributed by atoms with van der Waals surface area (Å²) in [5.41, 5.74) is 0.926. The van der Waals surface area contributed by atoms with Crippen molar-refractivity contribution in [3.05, 3.63) is 23.3 Å². The predicted molar refractivity (Wildman–Crippen MR) is 93.1 cm³/mol. The maximum absolute atomic E-state index is 13.0. The molecule has 2 heterocycles. The molecule has 6 heteroatoms. The lowest BCUT2D eigenvalue weighted by atomic mass is 9.95. The second-order valence-corrected chi connectivity index (χ2v) is 7.21. The van der Waals surface area contributed by atoms with Gasteiger partial charge in [0, 0.05) is 19.8 Å². The summed E-state index contributed by atoms with van der Waals surface area (Å²) in [6.07, 6.45) is 1.85. The summed E-state index contributed by atoms with van der Waals surface area (Å²) < 4.78 is 16.2. The van der Waals surface area contributed by atoms with Crippen LogP contribution in [0.2, 0.25) is 0 Å². The second kappa shape index (κ2) is 6.67. The Morgan fingerprint density at radius 2 is 2.00 bits per heavy atom. The van der Waals surface area contributed by atoms with Gasteiger partial charge in [-0.2, -0.15) is 0 Å². The monoisotopic (exact) mass is 347 g/mol. The highest BCUT2D eigenvalue weighted by Crippen LogP contribution is 2.40. The van der Waals surface area contributed by atoms with Crippen LogP contribution in [0.5, 0.6) is 5.75 Å². The van der Waals surface area contributed by atoms with Crippen LogP contribution in [-0.2, 0) is 14.3 Å². The predicted octanol–water partition coefficient (Wildman–Crippen LogP) is 2.71. The standard InChI is InChI=1S/C19H25NO5/c1-12-9-16-15(10-14(12)17(21)23-4)20(18(22)19(2,3)25-16)11-13-5-7-24-8-6-13/h9-10,13H,5-8,11H2,1-4H3. The molecular formula is C19H25NO5. The van der Waals surface area contributed by atoms with E-state index in [4.69, 9.17) is 14.2 Å². The first kappa shape index (κ1) is 17.7. The third kappa shape index (κ3) is 3.35. The summed E-state index contributed by atoms with van der Waals surface area (Å²) in [4.78, 5) is 26.8. The van der Waals surface area contributed by atoms with Crippen LogP contribution < -0.4 is 9.64 Å². The van der Waals surface area contributed by atoms with E-state index in [2.05, 4.69) is 0 Å². The summed E-state index contributed by atoms with van der Waals surface area (Å²) in [5.74, 6) is 0.499. The van der Waals surface area contributed by atoms with Crippen LogP contribution in [-0.4, -0.2) is 44.3 Å². The van der Waals surface area contributed by atoms with Gasteiger partial charge in [0.1, 0.15) is 5.75 Å². The fourth-order valence-corrected chi connectivity index (χ4v) is 3.41. The SMILES string of the molecule is COC(=O)c1cc2c(cc1C)OC(C)(C)C(=O)N2CC1CCOCC1. The third-order valence-electron chi connectivity index (χ3n) is 4.91. The van der Waals surface area contributed by atoms with Gasteiger partial charge in [-0.1, -0.05) is 0 Å². The lowest BCUT2D eigenvalue weighted by Gasteiger charge is -2.41. The molecule has 1 aromatic carbocycles. The number of nitrogens with zero attached hydrogens (tertiary/aromatic N) is 1. The number of aryl methyl sites for hydroxylation is 1. The van der Waals surface area contributed by atoms with Crippen LogP contribution in [0.1, 0.15) is 42.6 Å². The van der Waals surface area contributed by atoms with Crippen molar-refractivity contribution in [1.29, 1.82) is 0 Å². The van der Waals surface area contributed by atoms with Crippen molar-refractivity contribution in [2.45, 2.75) is 39.2 Å². The Hall–Kier alpha value is -2.08. The number of rotatable bonds is 3. The van der Waals surface area contributed by atoms with Crippen molar-refractivity contribution in [2.75, 3.05) is 31.8 Å². The lowest BCUT2D eigenvalue weighted by Crippen LogP contribution is -2.54. The average Bonchev–Trinajstić information content (AvgIpc) is 2.58. The molecule has 0 aromatic heterocycles. The summed E-state index contributed by atoms with van der Waals surface area (Å²) in [7, 11) is 1.35. The normalized spacial score (nSPS) is 20.0. The molecule has 0 unspecified atom stereocenters. The second-order valence-electron chi connectivity index (χ2n) is 7.21. The van der Waals surface area contributed by atoms with Crippen molar-refractivity contribution in [2.24, 2.45) is 5.92 Å². The van der Waals surface area contributed by atoms with E-state index in [0.717, 1.165) is 31.6 Å². The van der Waals surface area contributed by atoms with Gasteiger partial charge < -0.3 is 19.1 Å². The van der Waals surface area contributed by atoms with Gasteiger partial charge >= 0.3 is 5.97 Å². The number of amides is 1. The minimum atomic E-state index is -0.933. The number of hydrogen-bond donors (Lipinski definition) is 0. The first-order valence-electron chi connectivity index (χ1n) is 8.65. The fraction of sp³-hybridized carbons (Fsp3) is 0.579. The van der Waals surface area contributed by atoms with E-state index in [1.165, 1.54) is 7.11 Å². The largest absolute Gasteiger partial charge is 0.476 e. The number of esters is 1. The van der Waals surface area contributed by atoms with Gasteiger partial charge in [0.15, 0.2) is 5.60 Å². The number of ether oxygens (including phenoxy) is 3. The first-order valence-corrected chi connectivity index (χ1v) is 8.65. The molecule has 0 radical (unpaired) electrons. The van der Waals surface area contributed by atoms with Gasteiger partial charge in [0.05, 0.1) is 18.4 Å². The molecule has 3 rings (SSSR count). The summed E-state index contributed by atoms with van der Waals surface area (Å²) >= 11 is 0. The van der Waals surface area contributed by atoms with Crippen molar-refractivity contribution < 1.29 is 23.8 Å². The van der Waals surface area contributed by atoms with Crippen molar-refractivity contribution in [3.63, 3.8) is 0 Å². The summed E-state index contributed by atoms with van der Waals surface area (Å²) in [5, 5.41) is 0. The highest BCUT2D eigenvalue weighted by molar-refractivity contribution is 6.04. The molecule has 2 aliphatic heterocycles. The Morgan fingerprint density at radius 3 is 2.64 bits per heavy atom. The average molecular weight is 347 g/mol. The Morgan fingerprint density at radius 1 is 1.32 bits per heavy atom. The fourth-order valence-electron chi connectivity index (χ4n) is 3.41. The number of anilines is 1. The number of carbonyl (C=O) groups excluding carboxylic acids is 2. The van der Waals surface area contributed by atoms with Crippen LogP contribution >= 0.6 is 0 Å². The molecule has 1 amide bonds. The van der Waals surface area contributed by atoms with Gasteiger partial charge in [-0.3, -0.25) is 4.79 Å². The Labute approximate surface area is 148 Å². The topological polar surface area (TPSA) is 65.1 Å². The van der Waals surface area contributed by atoms with E-state index < -0.39 is 11.6 Å². The number of carbonyl (C=O) groups is 2. The number of methoxy groups -OCH3 is 1. The van der Waals surface area contributed by atoms with E-state index in [9.17, 15) is 9.59 Å². The van der Waals surface area contributed by atoms with Crippen molar-refractivity contribution in [1.82, 2.24) is 0 Å². The van der Waals surface area contributed by atoms with E-state index in [0.29, 0.717) is 29.5 Å². The molecule has 0 saturated carbocycles. The van der Waals surface area contributed by atoms with Crippen LogP contribution in [0.4, 0.5) is 5.69 Å². The molecule has 2 aliphatic rings. The quantitative estimate of drug-likeness (QED) is 0.787. The molecule has 0 N–H and O–H groups in total. The zero-order chi connectivity index (χ0) is 18.2. The van der Waals surface area contributed by atoms with Crippen LogP contribution in [0.25, 0.3) is 0 Å². The third-order valence-corrected chi connectivity index (χ3v) is 4.91. The van der Waals surface area contributed by atoms with Crippen molar-refractivity contribution >= 4 is 17.6 Å². The smallest absolute Gasteiger partial charge is 0.338 e. The van der Waals surface area contributed by atoms with Crippen molar-refractivity contribution in [3.8, 4) is 5.75 Å². The lowest BCUT2D eigenvalue weighted by molar-refractivity contribution is -0.133. The molecule has 136 valence electrons.